The van der Waals surface area contributed by atoms with Gasteiger partial charge < -0.3 is 0 Å². The van der Waals surface area contributed by atoms with Crippen molar-refractivity contribution in [1.82, 2.24) is 4.57 Å². The van der Waals surface area contributed by atoms with Crippen molar-refractivity contribution in [2.45, 2.75) is 103 Å². The Balaban J connectivity index is 1.42. The van der Waals surface area contributed by atoms with Gasteiger partial charge in [-0.3, -0.25) is 0 Å². The normalized spacial score (nSPS) is 11.2. The standard InChI is InChI=1S/C31H45N2/c1-2-3-4-5-6-7-8-9-10-11-12-19-24-32-25-26-33(28-30-22-17-14-18-23-30)31(32)27-29-20-15-13-16-21-29/h13-18,20-23,25-26H,2-12,19,24,27-28H2,1H3/q+1. The van der Waals surface area contributed by atoms with E-state index in [0.717, 1.165) is 19.5 Å². The van der Waals surface area contributed by atoms with Crippen LogP contribution in [0.5, 0.6) is 0 Å². The third-order valence-electron chi connectivity index (χ3n) is 6.74. The van der Waals surface area contributed by atoms with Gasteiger partial charge in [-0.2, -0.15) is 0 Å². The molecule has 178 valence electrons. The van der Waals surface area contributed by atoms with Gasteiger partial charge in [0, 0.05) is 0 Å². The largest absolute Gasteiger partial charge is 0.261 e. The van der Waals surface area contributed by atoms with Crippen LogP contribution in [-0.4, -0.2) is 4.57 Å². The van der Waals surface area contributed by atoms with Crippen LogP contribution in [0, 0.1) is 0 Å². The van der Waals surface area contributed by atoms with Crippen LogP contribution < -0.4 is 4.57 Å². The van der Waals surface area contributed by atoms with Crippen LogP contribution in [0.2, 0.25) is 0 Å². The van der Waals surface area contributed by atoms with Crippen molar-refractivity contribution in [1.29, 1.82) is 0 Å². The molecule has 2 heteroatoms. The first-order valence-corrected chi connectivity index (χ1v) is 13.5. The van der Waals surface area contributed by atoms with Gasteiger partial charge in [0.25, 0.3) is 5.82 Å². The molecule has 1 heterocycles. The van der Waals surface area contributed by atoms with Gasteiger partial charge in [-0.1, -0.05) is 132 Å². The molecule has 0 amide bonds. The zero-order chi connectivity index (χ0) is 23.0. The Morgan fingerprint density at radius 1 is 0.606 bits per heavy atom. The van der Waals surface area contributed by atoms with E-state index in [1.54, 1.807) is 0 Å². The van der Waals surface area contributed by atoms with E-state index in [4.69, 9.17) is 0 Å². The van der Waals surface area contributed by atoms with Crippen LogP contribution in [0.15, 0.2) is 73.1 Å². The van der Waals surface area contributed by atoms with Crippen LogP contribution in [0.25, 0.3) is 0 Å². The Labute approximate surface area is 202 Å². The number of hydrogen-bond donors (Lipinski definition) is 0. The predicted octanol–water partition coefficient (Wildman–Crippen LogP) is 8.12. The quantitative estimate of drug-likeness (QED) is 0.146. The van der Waals surface area contributed by atoms with Gasteiger partial charge in [0.2, 0.25) is 0 Å². The van der Waals surface area contributed by atoms with E-state index < -0.39 is 0 Å². The summed E-state index contributed by atoms with van der Waals surface area (Å²) in [4.78, 5) is 0. The van der Waals surface area contributed by atoms with Crippen molar-refractivity contribution in [2.75, 3.05) is 0 Å². The fraction of sp³-hybridized carbons (Fsp3) is 0.516. The molecule has 0 aliphatic rings. The molecule has 33 heavy (non-hydrogen) atoms. The van der Waals surface area contributed by atoms with Crippen molar-refractivity contribution in [3.05, 3.63) is 90.0 Å². The zero-order valence-corrected chi connectivity index (χ0v) is 20.9. The van der Waals surface area contributed by atoms with Gasteiger partial charge >= 0.3 is 0 Å². The molecule has 0 fully saturated rings. The summed E-state index contributed by atoms with van der Waals surface area (Å²) in [7, 11) is 0. The number of hydrogen-bond acceptors (Lipinski definition) is 0. The SMILES string of the molecule is CCCCCCCCCCCCCCn1cc[n+](Cc2ccccc2)c1Cc1ccccc1. The molecule has 0 N–H and O–H groups in total. The number of aromatic nitrogens is 2. The van der Waals surface area contributed by atoms with Gasteiger partial charge in [0.15, 0.2) is 0 Å². The lowest BCUT2D eigenvalue weighted by atomic mass is 10.1. The minimum absolute atomic E-state index is 0.939. The van der Waals surface area contributed by atoms with E-state index in [-0.39, 0.29) is 0 Å². The number of unbranched alkanes of at least 4 members (excludes halogenated alkanes) is 11. The maximum absolute atomic E-state index is 2.49. The summed E-state index contributed by atoms with van der Waals surface area (Å²) < 4.78 is 4.93. The molecule has 3 aromatic rings. The van der Waals surface area contributed by atoms with E-state index in [1.165, 1.54) is 94.0 Å². The smallest absolute Gasteiger partial charge is 0.234 e. The van der Waals surface area contributed by atoms with Crippen LogP contribution in [0.3, 0.4) is 0 Å². The maximum Gasteiger partial charge on any atom is 0.261 e. The van der Waals surface area contributed by atoms with Crippen molar-refractivity contribution in [3.8, 4) is 0 Å². The summed E-state index contributed by atoms with van der Waals surface area (Å²) in [6.45, 7) is 4.36. The lowest BCUT2D eigenvalue weighted by Crippen LogP contribution is -2.38. The first-order valence-electron chi connectivity index (χ1n) is 13.5. The zero-order valence-electron chi connectivity index (χ0n) is 20.9. The van der Waals surface area contributed by atoms with E-state index in [0.29, 0.717) is 0 Å². The highest BCUT2D eigenvalue weighted by Crippen LogP contribution is 2.14. The monoisotopic (exact) mass is 445 g/mol. The second kappa shape index (κ2) is 15.5. The van der Waals surface area contributed by atoms with Crippen molar-refractivity contribution in [3.63, 3.8) is 0 Å². The van der Waals surface area contributed by atoms with Crippen molar-refractivity contribution >= 4 is 0 Å². The minimum atomic E-state index is 0.939. The molecule has 0 saturated heterocycles. The minimum Gasteiger partial charge on any atom is -0.234 e. The number of imidazole rings is 1. The Hall–Kier alpha value is -2.35. The molecule has 0 saturated carbocycles. The first kappa shape index (κ1) is 25.3. The molecule has 2 aromatic carbocycles. The third-order valence-corrected chi connectivity index (χ3v) is 6.74. The summed E-state index contributed by atoms with van der Waals surface area (Å²) in [5, 5.41) is 0. The Morgan fingerprint density at radius 2 is 1.12 bits per heavy atom. The molecule has 3 rings (SSSR count). The van der Waals surface area contributed by atoms with Crippen molar-refractivity contribution < 1.29 is 4.57 Å². The second-order valence-electron chi connectivity index (χ2n) is 9.57. The molecule has 0 spiro atoms. The highest BCUT2D eigenvalue weighted by molar-refractivity contribution is 5.18. The van der Waals surface area contributed by atoms with E-state index in [1.807, 2.05) is 0 Å². The molecule has 0 aliphatic heterocycles. The van der Waals surface area contributed by atoms with E-state index in [9.17, 15) is 0 Å². The van der Waals surface area contributed by atoms with E-state index >= 15 is 0 Å². The van der Waals surface area contributed by atoms with Gasteiger partial charge in [-0.05, 0) is 24.0 Å². The lowest BCUT2D eigenvalue weighted by molar-refractivity contribution is -0.695. The third kappa shape index (κ3) is 9.58. The first-order chi connectivity index (χ1) is 16.4. The summed E-state index contributed by atoms with van der Waals surface area (Å²) in [5.41, 5.74) is 2.74. The molecular formula is C31H45N2+. The molecule has 0 radical (unpaired) electrons. The fourth-order valence-corrected chi connectivity index (χ4v) is 4.73. The van der Waals surface area contributed by atoms with Crippen molar-refractivity contribution in [2.24, 2.45) is 0 Å². The Morgan fingerprint density at radius 3 is 1.70 bits per heavy atom. The predicted molar refractivity (Wildman–Crippen MR) is 140 cm³/mol. The summed E-state index contributed by atoms with van der Waals surface area (Å²) in [6, 6.07) is 21.7. The second-order valence-corrected chi connectivity index (χ2v) is 9.57. The van der Waals surface area contributed by atoms with Crippen LogP contribution >= 0.6 is 0 Å². The Kier molecular flexibility index (Phi) is 11.9. The van der Waals surface area contributed by atoms with Gasteiger partial charge in [-0.15, -0.1) is 0 Å². The number of rotatable bonds is 17. The van der Waals surface area contributed by atoms with E-state index in [2.05, 4.69) is 89.1 Å². The summed E-state index contributed by atoms with van der Waals surface area (Å²) in [6.07, 6.45) is 22.4. The highest BCUT2D eigenvalue weighted by atomic mass is 15.1. The molecule has 1 aromatic heterocycles. The van der Waals surface area contributed by atoms with Crippen LogP contribution in [-0.2, 0) is 19.5 Å². The highest BCUT2D eigenvalue weighted by Gasteiger charge is 2.17. The molecule has 0 bridgehead atoms. The lowest BCUT2D eigenvalue weighted by Gasteiger charge is -2.07. The maximum atomic E-state index is 2.49. The topological polar surface area (TPSA) is 8.81 Å². The number of benzene rings is 2. The van der Waals surface area contributed by atoms with Crippen LogP contribution in [0.4, 0.5) is 0 Å². The average Bonchev–Trinajstić information content (AvgIpc) is 3.22. The molecule has 0 unspecified atom stereocenters. The van der Waals surface area contributed by atoms with Crippen LogP contribution in [0.1, 0.15) is 101 Å². The molecular weight excluding hydrogens is 400 g/mol. The summed E-state index contributed by atoms with van der Waals surface area (Å²) in [5.74, 6) is 1.41. The fourth-order valence-electron chi connectivity index (χ4n) is 4.73. The number of nitrogens with zero attached hydrogens (tertiary/aromatic N) is 2. The molecule has 0 atom stereocenters. The van der Waals surface area contributed by atoms with Gasteiger partial charge in [0.1, 0.15) is 18.9 Å². The average molecular weight is 446 g/mol. The Bertz CT molecular complexity index is 866. The molecule has 0 aliphatic carbocycles. The number of aryl methyl sites for hydroxylation is 1. The van der Waals surface area contributed by atoms with Gasteiger partial charge in [-0.25, -0.2) is 9.13 Å². The summed E-state index contributed by atoms with van der Waals surface area (Å²) >= 11 is 0. The molecule has 2 nitrogen and oxygen atoms in total. The van der Waals surface area contributed by atoms with Gasteiger partial charge in [0.05, 0.1) is 13.0 Å².